The van der Waals surface area contributed by atoms with Crippen molar-refractivity contribution >= 4 is 29.1 Å². The predicted octanol–water partition coefficient (Wildman–Crippen LogP) is 2.98. The number of aryl methyl sites for hydroxylation is 1. The van der Waals surface area contributed by atoms with E-state index in [1.54, 1.807) is 21.8 Å². The summed E-state index contributed by atoms with van der Waals surface area (Å²) in [5.41, 5.74) is 1.68. The maximum absolute atomic E-state index is 12.6. The summed E-state index contributed by atoms with van der Waals surface area (Å²) in [5.74, 6) is 1.46. The zero-order chi connectivity index (χ0) is 19.5. The molecule has 0 spiro atoms. The van der Waals surface area contributed by atoms with Crippen molar-refractivity contribution in [1.29, 1.82) is 0 Å². The molecule has 0 unspecified atom stereocenters. The Balaban J connectivity index is 1.35. The lowest BCUT2D eigenvalue weighted by molar-refractivity contribution is 0.208. The predicted molar refractivity (Wildman–Crippen MR) is 108 cm³/mol. The number of aromatic nitrogens is 4. The van der Waals surface area contributed by atoms with Crippen LogP contribution in [0.1, 0.15) is 5.56 Å². The largest absolute Gasteiger partial charge is 0.352 e. The number of hydrogen-bond acceptors (Lipinski definition) is 5. The first-order valence-corrected chi connectivity index (χ1v) is 9.39. The van der Waals surface area contributed by atoms with Gasteiger partial charge in [0.25, 0.3) is 0 Å². The van der Waals surface area contributed by atoms with E-state index in [0.717, 1.165) is 11.4 Å². The third-order valence-electron chi connectivity index (χ3n) is 4.63. The summed E-state index contributed by atoms with van der Waals surface area (Å²) in [6, 6.07) is 11.1. The highest BCUT2D eigenvalue weighted by Gasteiger charge is 2.22. The van der Waals surface area contributed by atoms with E-state index in [4.69, 9.17) is 11.6 Å². The number of rotatable bonds is 3. The second-order valence-electron chi connectivity index (χ2n) is 6.59. The molecule has 0 radical (unpaired) electrons. The minimum Gasteiger partial charge on any atom is -0.352 e. The highest BCUT2D eigenvalue weighted by atomic mass is 35.5. The molecule has 2 amide bonds. The van der Waals surface area contributed by atoms with Gasteiger partial charge in [-0.2, -0.15) is 5.10 Å². The first kappa shape index (κ1) is 18.2. The van der Waals surface area contributed by atoms with E-state index in [1.807, 2.05) is 43.5 Å². The summed E-state index contributed by atoms with van der Waals surface area (Å²) in [6.07, 6.45) is 3.52. The molecular formula is C19H20ClN7O. The van der Waals surface area contributed by atoms with Crippen molar-refractivity contribution in [2.75, 3.05) is 36.4 Å². The molecule has 9 heteroatoms. The number of hydrogen-bond donors (Lipinski definition) is 1. The van der Waals surface area contributed by atoms with Gasteiger partial charge in [-0.1, -0.05) is 17.7 Å². The number of amides is 2. The molecule has 8 nitrogen and oxygen atoms in total. The van der Waals surface area contributed by atoms with Crippen LogP contribution >= 0.6 is 11.6 Å². The van der Waals surface area contributed by atoms with Crippen molar-refractivity contribution in [2.45, 2.75) is 6.92 Å². The average molecular weight is 398 g/mol. The molecule has 3 heterocycles. The lowest BCUT2D eigenvalue weighted by Gasteiger charge is -2.35. The summed E-state index contributed by atoms with van der Waals surface area (Å²) in [6.45, 7) is 4.52. The highest BCUT2D eigenvalue weighted by molar-refractivity contribution is 6.33. The molecule has 1 fully saturated rings. The molecule has 1 N–H and O–H groups in total. The Morgan fingerprint density at radius 2 is 1.82 bits per heavy atom. The van der Waals surface area contributed by atoms with Crippen LogP contribution in [0.4, 0.5) is 16.3 Å². The van der Waals surface area contributed by atoms with Crippen molar-refractivity contribution in [3.8, 4) is 5.82 Å². The second kappa shape index (κ2) is 7.85. The molecule has 2 aromatic heterocycles. The standard InChI is InChI=1S/C19H20ClN7O/c1-14-3-4-15(20)16(13-14)22-19(28)26-11-9-25(10-12-26)17-5-6-18(24-23-17)27-8-2-7-21-27/h2-8,13H,9-12H2,1H3,(H,22,28). The fourth-order valence-corrected chi connectivity index (χ4v) is 3.25. The van der Waals surface area contributed by atoms with Crippen molar-refractivity contribution in [2.24, 2.45) is 0 Å². The van der Waals surface area contributed by atoms with Crippen LogP contribution in [0.25, 0.3) is 5.82 Å². The van der Waals surface area contributed by atoms with Gasteiger partial charge in [0.15, 0.2) is 11.6 Å². The van der Waals surface area contributed by atoms with Gasteiger partial charge in [0.05, 0.1) is 10.7 Å². The molecule has 0 aliphatic carbocycles. The lowest BCUT2D eigenvalue weighted by atomic mass is 10.2. The van der Waals surface area contributed by atoms with E-state index in [1.165, 1.54) is 0 Å². The van der Waals surface area contributed by atoms with E-state index in [0.29, 0.717) is 42.7 Å². The molecule has 0 bridgehead atoms. The third-order valence-corrected chi connectivity index (χ3v) is 4.96. The topological polar surface area (TPSA) is 79.2 Å². The zero-order valence-corrected chi connectivity index (χ0v) is 16.2. The minimum absolute atomic E-state index is 0.146. The van der Waals surface area contributed by atoms with Crippen LogP contribution in [0.15, 0.2) is 48.8 Å². The molecule has 1 aliphatic rings. The van der Waals surface area contributed by atoms with Gasteiger partial charge in [-0.05, 0) is 42.8 Å². The van der Waals surface area contributed by atoms with Crippen LogP contribution in [0, 0.1) is 6.92 Å². The summed E-state index contributed by atoms with van der Waals surface area (Å²) >= 11 is 6.17. The number of urea groups is 1. The van der Waals surface area contributed by atoms with Crippen molar-refractivity contribution in [3.63, 3.8) is 0 Å². The zero-order valence-electron chi connectivity index (χ0n) is 15.4. The molecule has 0 atom stereocenters. The number of nitrogens with one attached hydrogen (secondary N) is 1. The van der Waals surface area contributed by atoms with Gasteiger partial charge in [-0.25, -0.2) is 9.48 Å². The van der Waals surface area contributed by atoms with Gasteiger partial charge in [0, 0.05) is 38.6 Å². The fraction of sp³-hybridized carbons (Fsp3) is 0.263. The number of nitrogens with zero attached hydrogens (tertiary/aromatic N) is 6. The smallest absolute Gasteiger partial charge is 0.322 e. The third kappa shape index (κ3) is 3.91. The van der Waals surface area contributed by atoms with E-state index in [2.05, 4.69) is 25.5 Å². The molecule has 1 aliphatic heterocycles. The number of halogens is 1. The molecule has 1 aromatic carbocycles. The van der Waals surface area contributed by atoms with Crippen LogP contribution in [0.2, 0.25) is 5.02 Å². The van der Waals surface area contributed by atoms with Crippen molar-refractivity contribution < 1.29 is 4.79 Å². The van der Waals surface area contributed by atoms with Gasteiger partial charge in [-0.15, -0.1) is 10.2 Å². The first-order valence-electron chi connectivity index (χ1n) is 9.01. The van der Waals surface area contributed by atoms with Gasteiger partial charge < -0.3 is 15.1 Å². The van der Waals surface area contributed by atoms with E-state index < -0.39 is 0 Å². The van der Waals surface area contributed by atoms with Crippen LogP contribution < -0.4 is 10.2 Å². The van der Waals surface area contributed by atoms with E-state index in [-0.39, 0.29) is 6.03 Å². The van der Waals surface area contributed by atoms with Crippen LogP contribution in [-0.4, -0.2) is 57.1 Å². The van der Waals surface area contributed by atoms with Crippen LogP contribution in [-0.2, 0) is 0 Å². The van der Waals surface area contributed by atoms with Crippen LogP contribution in [0.5, 0.6) is 0 Å². The SMILES string of the molecule is Cc1ccc(Cl)c(NC(=O)N2CCN(c3ccc(-n4cccn4)nn3)CC2)c1. The number of carbonyl (C=O) groups is 1. The fourth-order valence-electron chi connectivity index (χ4n) is 3.08. The summed E-state index contributed by atoms with van der Waals surface area (Å²) in [4.78, 5) is 16.4. The van der Waals surface area contributed by atoms with Crippen molar-refractivity contribution in [1.82, 2.24) is 24.9 Å². The summed E-state index contributed by atoms with van der Waals surface area (Å²) in [5, 5.41) is 16.1. The molecule has 144 valence electrons. The number of anilines is 2. The molecule has 4 rings (SSSR count). The summed E-state index contributed by atoms with van der Waals surface area (Å²) in [7, 11) is 0. The van der Waals surface area contributed by atoms with Crippen molar-refractivity contribution in [3.05, 3.63) is 59.4 Å². The Hall–Kier alpha value is -3.13. The Morgan fingerprint density at radius 3 is 2.50 bits per heavy atom. The van der Waals surface area contributed by atoms with E-state index >= 15 is 0 Å². The van der Waals surface area contributed by atoms with Gasteiger partial charge in [-0.3, -0.25) is 0 Å². The lowest BCUT2D eigenvalue weighted by Crippen LogP contribution is -2.50. The maximum Gasteiger partial charge on any atom is 0.322 e. The Morgan fingerprint density at radius 1 is 1.07 bits per heavy atom. The molecule has 28 heavy (non-hydrogen) atoms. The maximum atomic E-state index is 12.6. The van der Waals surface area contributed by atoms with Crippen LogP contribution in [0.3, 0.4) is 0 Å². The molecular weight excluding hydrogens is 378 g/mol. The monoisotopic (exact) mass is 397 g/mol. The van der Waals surface area contributed by atoms with Gasteiger partial charge in [0.2, 0.25) is 0 Å². The number of benzene rings is 1. The van der Waals surface area contributed by atoms with Gasteiger partial charge >= 0.3 is 6.03 Å². The second-order valence-corrected chi connectivity index (χ2v) is 7.00. The highest BCUT2D eigenvalue weighted by Crippen LogP contribution is 2.23. The van der Waals surface area contributed by atoms with Gasteiger partial charge in [0.1, 0.15) is 0 Å². The first-order chi connectivity index (χ1) is 13.6. The Bertz CT molecular complexity index is 951. The quantitative estimate of drug-likeness (QED) is 0.735. The Kier molecular flexibility index (Phi) is 5.12. The number of carbonyl (C=O) groups excluding carboxylic acids is 1. The molecule has 3 aromatic rings. The average Bonchev–Trinajstić information content (AvgIpc) is 3.26. The summed E-state index contributed by atoms with van der Waals surface area (Å²) < 4.78 is 1.66. The number of piperazine rings is 1. The van der Waals surface area contributed by atoms with E-state index in [9.17, 15) is 4.79 Å². The molecule has 0 saturated carbocycles. The Labute approximate surface area is 167 Å². The molecule has 1 saturated heterocycles. The normalized spacial score (nSPS) is 14.2. The minimum atomic E-state index is -0.146.